The van der Waals surface area contributed by atoms with E-state index in [1.165, 1.54) is 5.19 Å². The van der Waals surface area contributed by atoms with E-state index in [2.05, 4.69) is 53.8 Å². The molecule has 0 radical (unpaired) electrons. The van der Waals surface area contributed by atoms with Crippen LogP contribution in [0.3, 0.4) is 0 Å². The van der Waals surface area contributed by atoms with Crippen LogP contribution in [0.2, 0.25) is 13.1 Å². The molecule has 0 aliphatic carbocycles. The van der Waals surface area contributed by atoms with Crippen LogP contribution in [-0.2, 0) is 7.05 Å². The summed E-state index contributed by atoms with van der Waals surface area (Å²) in [5.41, 5.74) is 4.42. The predicted octanol–water partition coefficient (Wildman–Crippen LogP) is 1.93. The third kappa shape index (κ3) is 2.66. The Morgan fingerprint density at radius 1 is 1.18 bits per heavy atom. The summed E-state index contributed by atoms with van der Waals surface area (Å²) in [5, 5.41) is 1.37. The van der Waals surface area contributed by atoms with E-state index in [4.69, 9.17) is 0 Å². The van der Waals surface area contributed by atoms with Crippen molar-refractivity contribution in [2.24, 2.45) is 7.05 Å². The van der Waals surface area contributed by atoms with Crippen molar-refractivity contribution in [1.82, 2.24) is 9.55 Å². The van der Waals surface area contributed by atoms with Gasteiger partial charge in [0, 0.05) is 7.05 Å². The zero-order chi connectivity index (χ0) is 12.3. The zero-order valence-corrected chi connectivity index (χ0v) is 11.4. The molecule has 0 aliphatic heterocycles. The van der Waals surface area contributed by atoms with Crippen molar-refractivity contribution < 1.29 is 0 Å². The van der Waals surface area contributed by atoms with Gasteiger partial charge >= 0.3 is 0 Å². The Balaban J connectivity index is 2.30. The molecule has 0 bridgehead atoms. The molecule has 1 aromatic carbocycles. The third-order valence-corrected chi connectivity index (χ3v) is 5.34. The summed E-state index contributed by atoms with van der Waals surface area (Å²) in [5.74, 6) is 3.24. The number of hydrogen-bond acceptors (Lipinski definition) is 1. The minimum Gasteiger partial charge on any atom is -0.327 e. The molecule has 0 fully saturated rings. The van der Waals surface area contributed by atoms with Crippen LogP contribution < -0.4 is 5.19 Å². The highest BCUT2D eigenvalue weighted by Gasteiger charge is 2.20. The monoisotopic (exact) mass is 240 g/mol. The molecule has 86 valence electrons. The Hall–Kier alpha value is -1.79. The van der Waals surface area contributed by atoms with Crippen molar-refractivity contribution in [2.75, 3.05) is 0 Å². The molecule has 0 unspecified atom stereocenters. The van der Waals surface area contributed by atoms with E-state index in [-0.39, 0.29) is 0 Å². The number of benzene rings is 1. The predicted molar refractivity (Wildman–Crippen MR) is 73.6 cm³/mol. The first-order chi connectivity index (χ1) is 8.09. The summed E-state index contributed by atoms with van der Waals surface area (Å²) < 4.78 is 1.95. The Morgan fingerprint density at radius 3 is 2.47 bits per heavy atom. The van der Waals surface area contributed by atoms with E-state index in [9.17, 15) is 0 Å². The lowest BCUT2D eigenvalue weighted by atomic mass is 10.4. The molecule has 0 amide bonds. The highest BCUT2D eigenvalue weighted by atomic mass is 28.3. The molecule has 2 nitrogen and oxygen atoms in total. The van der Waals surface area contributed by atoms with E-state index in [0.29, 0.717) is 0 Å². The second-order valence-corrected chi connectivity index (χ2v) is 8.71. The van der Waals surface area contributed by atoms with Gasteiger partial charge in [-0.1, -0.05) is 49.3 Å². The van der Waals surface area contributed by atoms with Crippen molar-refractivity contribution in [2.45, 2.75) is 13.1 Å². The van der Waals surface area contributed by atoms with Crippen LogP contribution in [-0.4, -0.2) is 17.6 Å². The molecule has 0 saturated heterocycles. The molecule has 0 N–H and O–H groups in total. The van der Waals surface area contributed by atoms with E-state index in [1.54, 1.807) is 6.33 Å². The summed E-state index contributed by atoms with van der Waals surface area (Å²) in [6, 6.07) is 10.5. The molecular weight excluding hydrogens is 224 g/mol. The SMILES string of the molecule is Cn1cncc1C#C[Si](C)(C)c1ccccc1. The van der Waals surface area contributed by atoms with Crippen LogP contribution in [0.25, 0.3) is 0 Å². The van der Waals surface area contributed by atoms with Crippen LogP contribution in [0, 0.1) is 11.5 Å². The lowest BCUT2D eigenvalue weighted by molar-refractivity contribution is 0.899. The minimum atomic E-state index is -1.66. The third-order valence-electron chi connectivity index (χ3n) is 2.82. The number of imidazole rings is 1. The van der Waals surface area contributed by atoms with Gasteiger partial charge < -0.3 is 4.57 Å². The Kier molecular flexibility index (Phi) is 3.16. The Morgan fingerprint density at radius 2 is 1.88 bits per heavy atom. The second kappa shape index (κ2) is 4.60. The highest BCUT2D eigenvalue weighted by Crippen LogP contribution is 2.02. The van der Waals surface area contributed by atoms with Gasteiger partial charge in [0.1, 0.15) is 5.69 Å². The molecule has 3 heteroatoms. The average Bonchev–Trinajstić information content (AvgIpc) is 2.74. The molecule has 2 rings (SSSR count). The maximum absolute atomic E-state index is 4.07. The lowest BCUT2D eigenvalue weighted by Gasteiger charge is -2.14. The first-order valence-corrected chi connectivity index (χ1v) is 8.64. The topological polar surface area (TPSA) is 17.8 Å². The summed E-state index contributed by atoms with van der Waals surface area (Å²) >= 11 is 0. The van der Waals surface area contributed by atoms with E-state index < -0.39 is 8.07 Å². The van der Waals surface area contributed by atoms with Gasteiger partial charge in [-0.3, -0.25) is 0 Å². The molecule has 1 aromatic heterocycles. The van der Waals surface area contributed by atoms with Crippen LogP contribution in [0.1, 0.15) is 5.69 Å². The fourth-order valence-electron chi connectivity index (χ4n) is 1.62. The lowest BCUT2D eigenvalue weighted by Crippen LogP contribution is -2.39. The maximum atomic E-state index is 4.07. The van der Waals surface area contributed by atoms with Crippen LogP contribution in [0.4, 0.5) is 0 Å². The smallest absolute Gasteiger partial charge is 0.163 e. The van der Waals surface area contributed by atoms with Crippen LogP contribution >= 0.6 is 0 Å². The standard InChI is InChI=1S/C14H16N2Si/c1-16-12-15-11-13(16)9-10-17(2,3)14-7-5-4-6-8-14/h4-8,11-12H,1-3H3. The summed E-state index contributed by atoms with van der Waals surface area (Å²) in [6.45, 7) is 4.54. The number of rotatable bonds is 1. The average molecular weight is 240 g/mol. The van der Waals surface area contributed by atoms with Gasteiger partial charge in [-0.2, -0.15) is 0 Å². The summed E-state index contributed by atoms with van der Waals surface area (Å²) in [4.78, 5) is 4.07. The van der Waals surface area contributed by atoms with Gasteiger partial charge in [-0.25, -0.2) is 4.98 Å². The molecule has 1 heterocycles. The highest BCUT2D eigenvalue weighted by molar-refractivity contribution is 6.96. The first kappa shape index (κ1) is 11.7. The minimum absolute atomic E-state index is 0.974. The van der Waals surface area contributed by atoms with Gasteiger partial charge in [-0.05, 0) is 5.19 Å². The number of hydrogen-bond donors (Lipinski definition) is 0. The van der Waals surface area contributed by atoms with Gasteiger partial charge in [0.2, 0.25) is 0 Å². The maximum Gasteiger partial charge on any atom is 0.163 e. The molecule has 2 aromatic rings. The van der Waals surface area contributed by atoms with Crippen molar-refractivity contribution in [3.8, 4) is 11.5 Å². The zero-order valence-electron chi connectivity index (χ0n) is 10.4. The Bertz CT molecular complexity index is 559. The number of nitrogens with zero attached hydrogens (tertiary/aromatic N) is 2. The molecule has 17 heavy (non-hydrogen) atoms. The molecule has 0 atom stereocenters. The van der Waals surface area contributed by atoms with E-state index in [0.717, 1.165) is 5.69 Å². The normalized spacial score (nSPS) is 10.8. The fraction of sp³-hybridized carbons (Fsp3) is 0.214. The van der Waals surface area contributed by atoms with Gasteiger partial charge in [0.15, 0.2) is 8.07 Å². The largest absolute Gasteiger partial charge is 0.327 e. The van der Waals surface area contributed by atoms with E-state index in [1.807, 2.05) is 23.9 Å². The van der Waals surface area contributed by atoms with Crippen LogP contribution in [0.5, 0.6) is 0 Å². The van der Waals surface area contributed by atoms with Crippen molar-refractivity contribution in [3.05, 3.63) is 48.5 Å². The Labute approximate surface area is 103 Å². The van der Waals surface area contributed by atoms with Crippen molar-refractivity contribution >= 4 is 13.3 Å². The fourth-order valence-corrected chi connectivity index (χ4v) is 3.24. The molecule has 0 aliphatic rings. The van der Waals surface area contributed by atoms with Crippen molar-refractivity contribution in [3.63, 3.8) is 0 Å². The molecular formula is C14H16N2Si. The van der Waals surface area contributed by atoms with E-state index >= 15 is 0 Å². The second-order valence-electron chi connectivity index (χ2n) is 4.63. The van der Waals surface area contributed by atoms with Gasteiger partial charge in [0.05, 0.1) is 12.5 Å². The summed E-state index contributed by atoms with van der Waals surface area (Å²) in [6.07, 6.45) is 3.59. The van der Waals surface area contributed by atoms with Gasteiger partial charge in [-0.15, -0.1) is 5.54 Å². The van der Waals surface area contributed by atoms with Crippen LogP contribution in [0.15, 0.2) is 42.9 Å². The van der Waals surface area contributed by atoms with Crippen molar-refractivity contribution in [1.29, 1.82) is 0 Å². The van der Waals surface area contributed by atoms with Gasteiger partial charge in [0.25, 0.3) is 0 Å². The molecule has 0 spiro atoms. The number of aromatic nitrogens is 2. The summed E-state index contributed by atoms with van der Waals surface area (Å²) in [7, 11) is 0.306. The number of aryl methyl sites for hydroxylation is 1. The quantitative estimate of drug-likeness (QED) is 0.550. The molecule has 0 saturated carbocycles. The first-order valence-electron chi connectivity index (χ1n) is 5.64.